The lowest BCUT2D eigenvalue weighted by Crippen LogP contribution is -2.27. The molecule has 2 saturated carbocycles. The van der Waals surface area contributed by atoms with Crippen molar-refractivity contribution < 1.29 is 26.7 Å². The summed E-state index contributed by atoms with van der Waals surface area (Å²) in [7, 11) is 0. The molecule has 0 unspecified atom stereocenters. The molecule has 1 aromatic carbocycles. The first-order valence-electron chi connectivity index (χ1n) is 11.0. The van der Waals surface area contributed by atoms with Gasteiger partial charge in [-0.1, -0.05) is 32.6 Å². The molecule has 0 aliphatic heterocycles. The summed E-state index contributed by atoms with van der Waals surface area (Å²) in [5.74, 6) is -0.659. The third-order valence-corrected chi connectivity index (χ3v) is 6.93. The number of hydrogen-bond acceptors (Lipinski definition) is 1. The Morgan fingerprint density at radius 1 is 0.828 bits per heavy atom. The van der Waals surface area contributed by atoms with Crippen molar-refractivity contribution in [3.05, 3.63) is 29.3 Å². The predicted octanol–water partition coefficient (Wildman–Crippen LogP) is 7.78. The van der Waals surface area contributed by atoms with Gasteiger partial charge in [0.25, 0.3) is 0 Å². The fourth-order valence-corrected chi connectivity index (χ4v) is 5.30. The van der Waals surface area contributed by atoms with E-state index in [2.05, 4.69) is 6.92 Å². The lowest BCUT2D eigenvalue weighted by molar-refractivity contribution is -0.142. The fourth-order valence-electron chi connectivity index (χ4n) is 5.30. The van der Waals surface area contributed by atoms with Gasteiger partial charge in [0.2, 0.25) is 0 Å². The molecule has 0 atom stereocenters. The van der Waals surface area contributed by atoms with E-state index in [0.29, 0.717) is 18.7 Å². The molecule has 164 valence electrons. The van der Waals surface area contributed by atoms with Crippen LogP contribution in [0.1, 0.15) is 76.7 Å². The van der Waals surface area contributed by atoms with E-state index in [-0.39, 0.29) is 11.7 Å². The van der Waals surface area contributed by atoms with Gasteiger partial charge < -0.3 is 4.74 Å². The monoisotopic (exact) mass is 418 g/mol. The van der Waals surface area contributed by atoms with Crippen LogP contribution < -0.4 is 4.74 Å². The fraction of sp³-hybridized carbons (Fsp3) is 0.739. The van der Waals surface area contributed by atoms with Crippen molar-refractivity contribution in [1.82, 2.24) is 0 Å². The van der Waals surface area contributed by atoms with Gasteiger partial charge in [0, 0.05) is 12.1 Å². The number of benzene rings is 1. The molecule has 3 rings (SSSR count). The second-order valence-electron chi connectivity index (χ2n) is 8.92. The van der Waals surface area contributed by atoms with Crippen molar-refractivity contribution in [1.29, 1.82) is 0 Å². The summed E-state index contributed by atoms with van der Waals surface area (Å²) < 4.78 is 70.7. The molecule has 0 spiro atoms. The Morgan fingerprint density at radius 3 is 1.76 bits per heavy atom. The summed E-state index contributed by atoms with van der Waals surface area (Å²) in [6.45, 7) is 2.54. The molecule has 0 saturated heterocycles. The van der Waals surface area contributed by atoms with Crippen molar-refractivity contribution in [3.63, 3.8) is 0 Å². The zero-order valence-electron chi connectivity index (χ0n) is 17.0. The second-order valence-corrected chi connectivity index (χ2v) is 8.92. The minimum absolute atomic E-state index is 0.177. The standard InChI is InChI=1S/C23H31F5O/c1-2-3-15-4-8-17(9-5-15)18-10-6-16(7-11-18)14-29-19-12-20(24)22(21(25)13-19)23(26,27)28/h12-13,15-18H,2-11,14H2,1H3/t15-,16-,17-,18-. The van der Waals surface area contributed by atoms with E-state index >= 15 is 0 Å². The van der Waals surface area contributed by atoms with Gasteiger partial charge in [-0.05, 0) is 62.2 Å². The maximum absolute atomic E-state index is 13.7. The molecule has 2 aliphatic carbocycles. The van der Waals surface area contributed by atoms with Crippen molar-refractivity contribution in [2.45, 2.75) is 77.3 Å². The van der Waals surface area contributed by atoms with Crippen molar-refractivity contribution >= 4 is 0 Å². The van der Waals surface area contributed by atoms with Crippen LogP contribution in [0.15, 0.2) is 12.1 Å². The van der Waals surface area contributed by atoms with E-state index in [4.69, 9.17) is 4.74 Å². The van der Waals surface area contributed by atoms with Crippen molar-refractivity contribution in [2.75, 3.05) is 6.61 Å². The molecule has 0 N–H and O–H groups in total. The first-order chi connectivity index (χ1) is 13.8. The molecule has 6 heteroatoms. The average molecular weight is 418 g/mol. The minimum Gasteiger partial charge on any atom is -0.493 e. The van der Waals surface area contributed by atoms with Crippen LogP contribution in [0.5, 0.6) is 5.75 Å². The van der Waals surface area contributed by atoms with Crippen LogP contribution in [0.25, 0.3) is 0 Å². The van der Waals surface area contributed by atoms with Gasteiger partial charge in [-0.2, -0.15) is 13.2 Å². The third kappa shape index (κ3) is 5.85. The Kier molecular flexibility index (Phi) is 7.44. The molecule has 0 radical (unpaired) electrons. The van der Waals surface area contributed by atoms with Gasteiger partial charge in [-0.15, -0.1) is 0 Å². The Hall–Kier alpha value is -1.33. The van der Waals surface area contributed by atoms with Crippen molar-refractivity contribution in [3.8, 4) is 5.75 Å². The molecule has 1 nitrogen and oxygen atoms in total. The largest absolute Gasteiger partial charge is 0.493 e. The highest BCUT2D eigenvalue weighted by molar-refractivity contribution is 5.32. The van der Waals surface area contributed by atoms with Gasteiger partial charge in [-0.3, -0.25) is 0 Å². The summed E-state index contributed by atoms with van der Waals surface area (Å²) in [6, 6.07) is 1.26. The van der Waals surface area contributed by atoms with Gasteiger partial charge >= 0.3 is 6.18 Å². The molecule has 0 amide bonds. The highest BCUT2D eigenvalue weighted by Gasteiger charge is 2.38. The first kappa shape index (κ1) is 22.4. The van der Waals surface area contributed by atoms with Gasteiger partial charge in [0.05, 0.1) is 6.61 Å². The highest BCUT2D eigenvalue weighted by Crippen LogP contribution is 2.42. The summed E-state index contributed by atoms with van der Waals surface area (Å²) >= 11 is 0. The van der Waals surface area contributed by atoms with Gasteiger partial charge in [0.1, 0.15) is 22.9 Å². The van der Waals surface area contributed by atoms with E-state index in [0.717, 1.165) is 43.4 Å². The number of halogens is 5. The van der Waals surface area contributed by atoms with Crippen LogP contribution in [0.4, 0.5) is 22.0 Å². The molecular formula is C23H31F5O. The molecule has 0 bridgehead atoms. The second kappa shape index (κ2) is 9.65. The average Bonchev–Trinajstić information content (AvgIpc) is 2.66. The Bertz CT molecular complexity index is 633. The highest BCUT2D eigenvalue weighted by atomic mass is 19.4. The summed E-state index contributed by atoms with van der Waals surface area (Å²) in [4.78, 5) is 0. The molecule has 0 aromatic heterocycles. The van der Waals surface area contributed by atoms with Gasteiger partial charge in [-0.25, -0.2) is 8.78 Å². The third-order valence-electron chi connectivity index (χ3n) is 6.93. The number of rotatable bonds is 6. The topological polar surface area (TPSA) is 9.23 Å². The maximum Gasteiger partial charge on any atom is 0.422 e. The van der Waals surface area contributed by atoms with Crippen LogP contribution in [-0.4, -0.2) is 6.61 Å². The van der Waals surface area contributed by atoms with E-state index in [9.17, 15) is 22.0 Å². The van der Waals surface area contributed by atoms with E-state index < -0.39 is 23.4 Å². The summed E-state index contributed by atoms with van der Waals surface area (Å²) in [6.07, 6.45) is 7.24. The lowest BCUT2D eigenvalue weighted by atomic mass is 9.69. The molecule has 2 aliphatic rings. The molecule has 2 fully saturated rings. The Morgan fingerprint density at radius 2 is 1.31 bits per heavy atom. The van der Waals surface area contributed by atoms with E-state index in [1.54, 1.807) is 0 Å². The predicted molar refractivity (Wildman–Crippen MR) is 103 cm³/mol. The summed E-state index contributed by atoms with van der Waals surface area (Å²) in [5.41, 5.74) is -1.86. The molecule has 1 aromatic rings. The van der Waals surface area contributed by atoms with Crippen LogP contribution in [0.3, 0.4) is 0 Å². The van der Waals surface area contributed by atoms with Crippen LogP contribution in [-0.2, 0) is 6.18 Å². The van der Waals surface area contributed by atoms with Crippen LogP contribution >= 0.6 is 0 Å². The zero-order chi connectivity index (χ0) is 21.0. The number of alkyl halides is 3. The van der Waals surface area contributed by atoms with Crippen LogP contribution in [0, 0.1) is 35.3 Å². The number of hydrogen-bond donors (Lipinski definition) is 0. The zero-order valence-corrected chi connectivity index (χ0v) is 17.0. The maximum atomic E-state index is 13.7. The summed E-state index contributed by atoms with van der Waals surface area (Å²) in [5, 5.41) is 0. The van der Waals surface area contributed by atoms with Crippen molar-refractivity contribution in [2.24, 2.45) is 23.7 Å². The van der Waals surface area contributed by atoms with Crippen LogP contribution in [0.2, 0.25) is 0 Å². The van der Waals surface area contributed by atoms with E-state index in [1.165, 1.54) is 38.5 Å². The lowest BCUT2D eigenvalue weighted by Gasteiger charge is -2.37. The Balaban J connectivity index is 1.45. The van der Waals surface area contributed by atoms with Gasteiger partial charge in [0.15, 0.2) is 0 Å². The molecular weight excluding hydrogens is 387 g/mol. The molecule has 0 heterocycles. The first-order valence-corrected chi connectivity index (χ1v) is 11.0. The minimum atomic E-state index is -5.05. The molecule has 29 heavy (non-hydrogen) atoms. The SMILES string of the molecule is CCC[C@H]1CC[C@H]([C@H]2CC[C@H](COc3cc(F)c(C(F)(F)F)c(F)c3)CC2)CC1. The Labute approximate surface area is 170 Å². The normalized spacial score (nSPS) is 28.3. The smallest absolute Gasteiger partial charge is 0.422 e. The quantitative estimate of drug-likeness (QED) is 0.429. The number of ether oxygens (including phenoxy) is 1. The van der Waals surface area contributed by atoms with E-state index in [1.807, 2.05) is 0 Å².